The number of benzene rings is 1. The molecule has 0 fully saturated rings. The first-order valence-electron chi connectivity index (χ1n) is 7.34. The number of aryl methyl sites for hydroxylation is 1. The van der Waals surface area contributed by atoms with Gasteiger partial charge >= 0.3 is 0 Å². The molecule has 0 bridgehead atoms. The third-order valence-electron chi connectivity index (χ3n) is 3.29. The second-order valence-electron chi connectivity index (χ2n) is 5.00. The second-order valence-corrected chi connectivity index (χ2v) is 6.97. The molecule has 24 heavy (non-hydrogen) atoms. The van der Waals surface area contributed by atoms with E-state index >= 15 is 0 Å². The van der Waals surface area contributed by atoms with E-state index in [9.17, 15) is 4.79 Å². The number of ether oxygens (including phenoxy) is 1. The number of thiazole rings is 1. The van der Waals surface area contributed by atoms with Gasteiger partial charge < -0.3 is 14.6 Å². The Morgan fingerprint density at radius 3 is 3.00 bits per heavy atom. The number of carbonyl (C=O) groups is 1. The van der Waals surface area contributed by atoms with E-state index in [2.05, 4.69) is 20.5 Å². The third kappa shape index (κ3) is 3.92. The Kier molecular flexibility index (Phi) is 5.44. The Balaban J connectivity index is 1.59. The molecular formula is C15H17N5O2S2. The van der Waals surface area contributed by atoms with Crippen LogP contribution in [0.3, 0.4) is 0 Å². The number of hydrogen-bond acceptors (Lipinski definition) is 7. The second kappa shape index (κ2) is 7.73. The van der Waals surface area contributed by atoms with Crippen LogP contribution in [-0.2, 0) is 16.1 Å². The summed E-state index contributed by atoms with van der Waals surface area (Å²) in [5.74, 6) is 0.945. The maximum absolute atomic E-state index is 12.1. The number of anilines is 1. The summed E-state index contributed by atoms with van der Waals surface area (Å²) in [6, 6.07) is 7.80. The Labute approximate surface area is 147 Å². The van der Waals surface area contributed by atoms with Gasteiger partial charge in [-0.25, -0.2) is 4.98 Å². The van der Waals surface area contributed by atoms with Crippen LogP contribution in [0, 0.1) is 6.92 Å². The van der Waals surface area contributed by atoms with Crippen LogP contribution in [0.2, 0.25) is 0 Å². The molecule has 0 aliphatic carbocycles. The van der Waals surface area contributed by atoms with E-state index in [4.69, 9.17) is 4.74 Å². The Morgan fingerprint density at radius 1 is 1.38 bits per heavy atom. The number of amides is 1. The highest BCUT2D eigenvalue weighted by molar-refractivity contribution is 7.99. The summed E-state index contributed by atoms with van der Waals surface area (Å²) < 4.78 is 8.08. The van der Waals surface area contributed by atoms with Crippen molar-refractivity contribution in [2.75, 3.05) is 24.8 Å². The number of methoxy groups -OCH3 is 1. The largest absolute Gasteiger partial charge is 0.383 e. The SMILES string of the molecule is COCCn1c(C)nnc1SCC(=O)Nc1nc2ccccc2s1. The van der Waals surface area contributed by atoms with Crippen molar-refractivity contribution in [3.8, 4) is 0 Å². The van der Waals surface area contributed by atoms with E-state index in [-0.39, 0.29) is 11.7 Å². The van der Waals surface area contributed by atoms with Gasteiger partial charge in [0, 0.05) is 13.7 Å². The minimum atomic E-state index is -0.113. The number of thioether (sulfide) groups is 1. The number of fused-ring (bicyclic) bond motifs is 1. The van der Waals surface area contributed by atoms with Crippen LogP contribution < -0.4 is 5.32 Å². The zero-order valence-electron chi connectivity index (χ0n) is 13.4. The summed E-state index contributed by atoms with van der Waals surface area (Å²) in [4.78, 5) is 16.5. The predicted octanol–water partition coefficient (Wildman–Crippen LogP) is 2.57. The van der Waals surface area contributed by atoms with Gasteiger partial charge in [-0.05, 0) is 19.1 Å². The number of nitrogens with zero attached hydrogens (tertiary/aromatic N) is 4. The average molecular weight is 363 g/mol. The lowest BCUT2D eigenvalue weighted by molar-refractivity contribution is -0.113. The maximum atomic E-state index is 12.1. The summed E-state index contributed by atoms with van der Waals surface area (Å²) in [6.45, 7) is 3.12. The summed E-state index contributed by atoms with van der Waals surface area (Å²) in [7, 11) is 1.65. The van der Waals surface area contributed by atoms with E-state index in [1.165, 1.54) is 23.1 Å². The molecule has 3 aromatic rings. The van der Waals surface area contributed by atoms with Crippen molar-refractivity contribution in [3.63, 3.8) is 0 Å². The lowest BCUT2D eigenvalue weighted by Crippen LogP contribution is -2.15. The normalized spacial score (nSPS) is 11.1. The number of carbonyl (C=O) groups excluding carboxylic acids is 1. The molecule has 126 valence electrons. The molecule has 3 rings (SSSR count). The summed E-state index contributed by atoms with van der Waals surface area (Å²) in [6.07, 6.45) is 0. The molecule has 1 aromatic carbocycles. The van der Waals surface area contributed by atoms with Crippen molar-refractivity contribution in [3.05, 3.63) is 30.1 Å². The number of nitrogens with one attached hydrogen (secondary N) is 1. The highest BCUT2D eigenvalue weighted by Crippen LogP contribution is 2.25. The Morgan fingerprint density at radius 2 is 2.21 bits per heavy atom. The van der Waals surface area contributed by atoms with Crippen molar-refractivity contribution in [1.29, 1.82) is 0 Å². The van der Waals surface area contributed by atoms with Gasteiger partial charge in [-0.15, -0.1) is 10.2 Å². The van der Waals surface area contributed by atoms with Crippen molar-refractivity contribution >= 4 is 44.4 Å². The maximum Gasteiger partial charge on any atom is 0.236 e. The fourth-order valence-corrected chi connectivity index (χ4v) is 3.81. The molecule has 1 N–H and O–H groups in total. The highest BCUT2D eigenvalue weighted by Gasteiger charge is 2.13. The summed E-state index contributed by atoms with van der Waals surface area (Å²) in [5.41, 5.74) is 0.889. The summed E-state index contributed by atoms with van der Waals surface area (Å²) >= 11 is 2.81. The summed E-state index contributed by atoms with van der Waals surface area (Å²) in [5, 5.41) is 12.3. The van der Waals surface area contributed by atoms with Crippen molar-refractivity contribution in [1.82, 2.24) is 19.7 Å². The van der Waals surface area contributed by atoms with E-state index in [1.807, 2.05) is 35.8 Å². The van der Waals surface area contributed by atoms with Crippen LogP contribution in [0.4, 0.5) is 5.13 Å². The molecule has 0 saturated carbocycles. The van der Waals surface area contributed by atoms with Crippen LogP contribution in [0.25, 0.3) is 10.2 Å². The molecule has 0 aliphatic rings. The molecular weight excluding hydrogens is 346 g/mol. The molecule has 0 atom stereocenters. The topological polar surface area (TPSA) is 81.9 Å². The molecule has 0 saturated heterocycles. The van der Waals surface area contributed by atoms with Gasteiger partial charge in [0.15, 0.2) is 10.3 Å². The number of rotatable bonds is 7. The van der Waals surface area contributed by atoms with E-state index in [1.54, 1.807) is 7.11 Å². The van der Waals surface area contributed by atoms with Crippen LogP contribution in [0.15, 0.2) is 29.4 Å². The predicted molar refractivity (Wildman–Crippen MR) is 95.6 cm³/mol. The van der Waals surface area contributed by atoms with Crippen LogP contribution in [0.5, 0.6) is 0 Å². The smallest absolute Gasteiger partial charge is 0.236 e. The zero-order chi connectivity index (χ0) is 16.9. The van der Waals surface area contributed by atoms with Gasteiger partial charge in [0.2, 0.25) is 5.91 Å². The lowest BCUT2D eigenvalue weighted by atomic mass is 10.3. The number of aromatic nitrogens is 4. The molecule has 2 heterocycles. The third-order valence-corrected chi connectivity index (χ3v) is 5.21. The van der Waals surface area contributed by atoms with E-state index in [0.717, 1.165) is 16.0 Å². The molecule has 2 aromatic heterocycles. The minimum Gasteiger partial charge on any atom is -0.383 e. The monoisotopic (exact) mass is 363 g/mol. The van der Waals surface area contributed by atoms with Crippen molar-refractivity contribution in [2.24, 2.45) is 0 Å². The highest BCUT2D eigenvalue weighted by atomic mass is 32.2. The van der Waals surface area contributed by atoms with Crippen LogP contribution in [-0.4, -0.2) is 45.1 Å². The fraction of sp³-hybridized carbons (Fsp3) is 0.333. The first kappa shape index (κ1) is 16.9. The standard InChI is InChI=1S/C15H17N5O2S2/c1-10-18-19-15(20(10)7-8-22-2)23-9-13(21)17-14-16-11-5-3-4-6-12(11)24-14/h3-6H,7-9H2,1-2H3,(H,16,17,21). The first-order valence-corrected chi connectivity index (χ1v) is 9.14. The number of hydrogen-bond donors (Lipinski definition) is 1. The van der Waals surface area contributed by atoms with Gasteiger partial charge in [0.1, 0.15) is 5.82 Å². The van der Waals surface area contributed by atoms with Gasteiger partial charge in [-0.3, -0.25) is 4.79 Å². The van der Waals surface area contributed by atoms with Gasteiger partial charge in [0.25, 0.3) is 0 Å². The van der Waals surface area contributed by atoms with Gasteiger partial charge in [-0.1, -0.05) is 35.2 Å². The Bertz CT molecular complexity index is 812. The van der Waals surface area contributed by atoms with Crippen LogP contribution >= 0.6 is 23.1 Å². The molecule has 7 nitrogen and oxygen atoms in total. The van der Waals surface area contributed by atoms with Crippen molar-refractivity contribution < 1.29 is 9.53 Å². The lowest BCUT2D eigenvalue weighted by Gasteiger charge is -2.07. The van der Waals surface area contributed by atoms with Gasteiger partial charge in [0.05, 0.1) is 22.6 Å². The molecule has 0 spiro atoms. The molecule has 0 radical (unpaired) electrons. The molecule has 9 heteroatoms. The van der Waals surface area contributed by atoms with E-state index < -0.39 is 0 Å². The zero-order valence-corrected chi connectivity index (χ0v) is 15.0. The first-order chi connectivity index (χ1) is 11.7. The molecule has 1 amide bonds. The van der Waals surface area contributed by atoms with Gasteiger partial charge in [-0.2, -0.15) is 0 Å². The average Bonchev–Trinajstić information content (AvgIpc) is 3.13. The minimum absolute atomic E-state index is 0.113. The number of para-hydroxylation sites is 1. The molecule has 0 aliphatic heterocycles. The van der Waals surface area contributed by atoms with Crippen molar-refractivity contribution in [2.45, 2.75) is 18.6 Å². The molecule has 0 unspecified atom stereocenters. The van der Waals surface area contributed by atoms with E-state index in [0.29, 0.717) is 23.4 Å². The van der Waals surface area contributed by atoms with Crippen LogP contribution in [0.1, 0.15) is 5.82 Å². The Hall–Kier alpha value is -1.97. The fourth-order valence-electron chi connectivity index (χ4n) is 2.12. The quantitative estimate of drug-likeness (QED) is 0.650.